The van der Waals surface area contributed by atoms with Gasteiger partial charge in [0.1, 0.15) is 6.10 Å². The summed E-state index contributed by atoms with van der Waals surface area (Å²) in [6.45, 7) is 5.37. The van der Waals surface area contributed by atoms with Crippen LogP contribution in [0.15, 0.2) is 0 Å². The molecule has 0 aromatic carbocycles. The van der Waals surface area contributed by atoms with Crippen molar-refractivity contribution in [1.29, 1.82) is 0 Å². The molecule has 0 fully saturated rings. The minimum Gasteiger partial charge on any atom is -0.748 e. The van der Waals surface area contributed by atoms with E-state index in [1.165, 1.54) is 32.6 Å². The van der Waals surface area contributed by atoms with E-state index in [1.807, 2.05) is 0 Å². The topological polar surface area (TPSA) is 83.5 Å². The Kier molecular flexibility index (Phi) is 14.9. The molecule has 0 amide bonds. The summed E-state index contributed by atoms with van der Waals surface area (Å²) in [5.74, 6) is -0.456. The Hall–Kier alpha value is -0.660. The zero-order chi connectivity index (χ0) is 21.5. The smallest absolute Gasteiger partial charge is 0.302 e. The molecule has 0 aliphatic heterocycles. The number of carbonyl (C=O) groups excluding carboxylic acids is 1. The molecule has 0 saturated carbocycles. The van der Waals surface area contributed by atoms with Crippen molar-refractivity contribution in [2.75, 3.05) is 32.9 Å². The molecule has 0 aromatic heterocycles. The van der Waals surface area contributed by atoms with Crippen LogP contribution in [0, 0.1) is 0 Å². The van der Waals surface area contributed by atoms with Gasteiger partial charge in [0.05, 0.1) is 37.3 Å². The average molecular weight is 422 g/mol. The van der Waals surface area contributed by atoms with Crippen LogP contribution >= 0.6 is 0 Å². The highest BCUT2D eigenvalue weighted by Crippen LogP contribution is 2.16. The first kappa shape index (κ1) is 27.3. The second-order valence-corrected chi connectivity index (χ2v) is 10.2. The number of esters is 1. The minimum atomic E-state index is -4.10. The maximum Gasteiger partial charge on any atom is 0.302 e. The molecule has 1 unspecified atom stereocenters. The first-order valence-corrected chi connectivity index (χ1v) is 12.6. The predicted molar refractivity (Wildman–Crippen MR) is 113 cm³/mol. The van der Waals surface area contributed by atoms with Crippen LogP contribution in [0.3, 0.4) is 0 Å². The molecule has 0 aromatic rings. The summed E-state index contributed by atoms with van der Waals surface area (Å²) < 4.78 is 38.3. The summed E-state index contributed by atoms with van der Waals surface area (Å²) in [4.78, 5) is 11.3. The number of quaternary nitrogens is 1. The van der Waals surface area contributed by atoms with Gasteiger partial charge in [0, 0.05) is 19.1 Å². The molecule has 0 rings (SSSR count). The van der Waals surface area contributed by atoms with Crippen LogP contribution in [-0.2, 0) is 19.6 Å². The van der Waals surface area contributed by atoms with E-state index in [1.54, 1.807) is 0 Å². The molecular weight excluding hydrogens is 378 g/mol. The van der Waals surface area contributed by atoms with Crippen LogP contribution in [0.4, 0.5) is 0 Å². The van der Waals surface area contributed by atoms with Gasteiger partial charge >= 0.3 is 5.97 Å². The first-order chi connectivity index (χ1) is 13.1. The zero-order valence-corrected chi connectivity index (χ0v) is 19.4. The maximum atomic E-state index is 11.3. The van der Waals surface area contributed by atoms with Gasteiger partial charge in [-0.2, -0.15) is 0 Å². The quantitative estimate of drug-likeness (QED) is 0.143. The Bertz CT molecular complexity index is 505. The van der Waals surface area contributed by atoms with E-state index < -0.39 is 10.1 Å². The lowest BCUT2D eigenvalue weighted by Crippen LogP contribution is -2.41. The number of rotatable bonds is 18. The summed E-state index contributed by atoms with van der Waals surface area (Å²) in [6.07, 6.45) is 12.9. The number of hydrogen-bond acceptors (Lipinski definition) is 5. The van der Waals surface area contributed by atoms with Crippen LogP contribution in [0.25, 0.3) is 0 Å². The Morgan fingerprint density at radius 1 is 0.893 bits per heavy atom. The molecule has 0 aliphatic rings. The molecule has 28 heavy (non-hydrogen) atoms. The van der Waals surface area contributed by atoms with Crippen LogP contribution in [0.5, 0.6) is 0 Å². The summed E-state index contributed by atoms with van der Waals surface area (Å²) in [6, 6.07) is 0. The van der Waals surface area contributed by atoms with E-state index >= 15 is 0 Å². The maximum absolute atomic E-state index is 11.3. The van der Waals surface area contributed by atoms with Gasteiger partial charge in [0.2, 0.25) is 0 Å². The molecule has 0 heterocycles. The predicted octanol–water partition coefficient (Wildman–Crippen LogP) is 4.24. The fourth-order valence-electron chi connectivity index (χ4n) is 3.52. The van der Waals surface area contributed by atoms with Crippen molar-refractivity contribution in [3.63, 3.8) is 0 Å². The molecule has 1 atom stereocenters. The minimum absolute atomic E-state index is 0.0559. The van der Waals surface area contributed by atoms with Crippen molar-refractivity contribution in [2.24, 2.45) is 0 Å². The molecule has 0 N–H and O–H groups in total. The molecule has 6 nitrogen and oxygen atoms in total. The normalized spacial score (nSPS) is 13.5. The second-order valence-electron chi connectivity index (χ2n) is 8.64. The number of unbranched alkanes of at least 4 members (excludes halogenated alkanes) is 7. The van der Waals surface area contributed by atoms with Gasteiger partial charge in [-0.1, -0.05) is 39.0 Å². The van der Waals surface area contributed by atoms with Crippen LogP contribution in [0.1, 0.15) is 90.9 Å². The highest BCUT2D eigenvalue weighted by Gasteiger charge is 2.15. The summed E-state index contributed by atoms with van der Waals surface area (Å²) in [7, 11) is 0.0487. The lowest BCUT2D eigenvalue weighted by Gasteiger charge is -2.30. The van der Waals surface area contributed by atoms with E-state index in [-0.39, 0.29) is 17.8 Å². The molecule has 0 radical (unpaired) electrons. The number of carbonyl (C=O) groups is 1. The number of ether oxygens (including phenoxy) is 1. The second kappa shape index (κ2) is 15.2. The van der Waals surface area contributed by atoms with E-state index in [9.17, 15) is 17.8 Å². The van der Waals surface area contributed by atoms with Crippen molar-refractivity contribution < 1.29 is 27.0 Å². The number of hydrogen-bond donors (Lipinski definition) is 0. The fourth-order valence-corrected chi connectivity index (χ4v) is 4.00. The molecule has 7 heteroatoms. The molecule has 168 valence electrons. The SMILES string of the molecule is CCCCCCCC(CCCCCC[N+](C)(C)CCCS(=O)(=O)[O-])OC(C)=O. The van der Waals surface area contributed by atoms with E-state index in [0.29, 0.717) is 13.0 Å². The Balaban J connectivity index is 3.91. The average Bonchev–Trinajstić information content (AvgIpc) is 2.55. The van der Waals surface area contributed by atoms with E-state index in [0.717, 1.165) is 56.0 Å². The van der Waals surface area contributed by atoms with Gasteiger partial charge in [-0.15, -0.1) is 0 Å². The van der Waals surface area contributed by atoms with Crippen molar-refractivity contribution in [3.8, 4) is 0 Å². The molecule has 0 bridgehead atoms. The van der Waals surface area contributed by atoms with Gasteiger partial charge in [-0.3, -0.25) is 4.79 Å². The molecule has 0 saturated heterocycles. The Labute approximate surface area is 173 Å². The Morgan fingerprint density at radius 2 is 1.39 bits per heavy atom. The van der Waals surface area contributed by atoms with E-state index in [4.69, 9.17) is 4.74 Å². The summed E-state index contributed by atoms with van der Waals surface area (Å²) >= 11 is 0. The largest absolute Gasteiger partial charge is 0.748 e. The first-order valence-electron chi connectivity index (χ1n) is 11.0. The molecular formula is C21H43NO5S. The van der Waals surface area contributed by atoms with Crippen molar-refractivity contribution in [3.05, 3.63) is 0 Å². The van der Waals surface area contributed by atoms with Crippen LogP contribution < -0.4 is 0 Å². The lowest BCUT2D eigenvalue weighted by molar-refractivity contribution is -0.890. The third kappa shape index (κ3) is 18.7. The Morgan fingerprint density at radius 3 is 1.89 bits per heavy atom. The van der Waals surface area contributed by atoms with Crippen molar-refractivity contribution in [2.45, 2.75) is 97.0 Å². The monoisotopic (exact) mass is 421 g/mol. The summed E-state index contributed by atoms with van der Waals surface area (Å²) in [5.41, 5.74) is 0. The fraction of sp³-hybridized carbons (Fsp3) is 0.952. The van der Waals surface area contributed by atoms with Gasteiger partial charge in [-0.25, -0.2) is 8.42 Å². The summed E-state index contributed by atoms with van der Waals surface area (Å²) in [5, 5.41) is 0. The lowest BCUT2D eigenvalue weighted by atomic mass is 10.0. The van der Waals surface area contributed by atoms with Gasteiger partial charge in [0.25, 0.3) is 0 Å². The number of nitrogens with zero attached hydrogens (tertiary/aromatic N) is 1. The van der Waals surface area contributed by atoms with Crippen molar-refractivity contribution in [1.82, 2.24) is 0 Å². The highest BCUT2D eigenvalue weighted by atomic mass is 32.2. The third-order valence-corrected chi connectivity index (χ3v) is 5.95. The van der Waals surface area contributed by atoms with Crippen LogP contribution in [0.2, 0.25) is 0 Å². The third-order valence-electron chi connectivity index (χ3n) is 5.16. The van der Waals surface area contributed by atoms with E-state index in [2.05, 4.69) is 21.0 Å². The molecule has 0 spiro atoms. The van der Waals surface area contributed by atoms with Gasteiger partial charge < -0.3 is 13.8 Å². The van der Waals surface area contributed by atoms with Crippen molar-refractivity contribution >= 4 is 16.1 Å². The standard InChI is InChI=1S/C21H43NO5S/c1-5-6-7-8-11-15-21(27-20(2)23)16-12-9-10-13-17-22(3,4)18-14-19-28(24,25)26/h21H,5-19H2,1-4H3. The molecule has 0 aliphatic carbocycles. The van der Waals surface area contributed by atoms with Gasteiger partial charge in [0.15, 0.2) is 0 Å². The highest BCUT2D eigenvalue weighted by molar-refractivity contribution is 7.85. The van der Waals surface area contributed by atoms with Crippen LogP contribution in [-0.4, -0.2) is 62.5 Å². The zero-order valence-electron chi connectivity index (χ0n) is 18.6. The van der Waals surface area contributed by atoms with Gasteiger partial charge in [-0.05, 0) is 38.5 Å².